The van der Waals surface area contributed by atoms with Crippen molar-refractivity contribution in [1.82, 2.24) is 15.1 Å². The number of hydrogen-bond donors (Lipinski definition) is 1. The van der Waals surface area contributed by atoms with Crippen LogP contribution in [0.4, 0.5) is 0 Å². The van der Waals surface area contributed by atoms with Gasteiger partial charge in [0.1, 0.15) is 0 Å². The van der Waals surface area contributed by atoms with Gasteiger partial charge in [0.05, 0.1) is 5.69 Å². The largest absolute Gasteiger partial charge is 0.304 e. The third-order valence-electron chi connectivity index (χ3n) is 4.39. The first-order valence-corrected chi connectivity index (χ1v) is 7.64. The molecule has 21 heavy (non-hydrogen) atoms. The molecule has 0 bridgehead atoms. The van der Waals surface area contributed by atoms with Crippen molar-refractivity contribution in [3.63, 3.8) is 0 Å². The molecule has 3 nitrogen and oxygen atoms in total. The highest BCUT2D eigenvalue weighted by Crippen LogP contribution is 2.25. The molecule has 2 unspecified atom stereocenters. The summed E-state index contributed by atoms with van der Waals surface area (Å²) in [5.41, 5.74) is 7.70. The van der Waals surface area contributed by atoms with E-state index in [1.54, 1.807) is 0 Å². The molecule has 0 saturated heterocycles. The Morgan fingerprint density at radius 1 is 1.05 bits per heavy atom. The van der Waals surface area contributed by atoms with Gasteiger partial charge in [0.15, 0.2) is 0 Å². The summed E-state index contributed by atoms with van der Waals surface area (Å²) in [6, 6.07) is 7.27. The van der Waals surface area contributed by atoms with Crippen molar-refractivity contribution in [3.05, 3.63) is 51.8 Å². The van der Waals surface area contributed by atoms with Crippen molar-refractivity contribution >= 4 is 0 Å². The molecule has 2 aromatic rings. The van der Waals surface area contributed by atoms with Gasteiger partial charge in [-0.25, -0.2) is 0 Å². The van der Waals surface area contributed by atoms with Crippen molar-refractivity contribution in [2.75, 3.05) is 0 Å². The van der Waals surface area contributed by atoms with Crippen molar-refractivity contribution in [2.24, 2.45) is 7.05 Å². The standard InChI is InChI=1S/C18H27N3/c1-11-8-9-17(12(2)10-11)13(3)19-14(4)18-15(5)20-21(7)16(18)6/h8-10,13-14,19H,1-7H3. The zero-order valence-electron chi connectivity index (χ0n) is 14.3. The summed E-state index contributed by atoms with van der Waals surface area (Å²) in [5, 5.41) is 8.23. The van der Waals surface area contributed by atoms with Crippen LogP contribution in [-0.4, -0.2) is 9.78 Å². The average molecular weight is 285 g/mol. The molecule has 0 fully saturated rings. The molecule has 2 atom stereocenters. The Morgan fingerprint density at radius 3 is 2.24 bits per heavy atom. The monoisotopic (exact) mass is 285 g/mol. The first kappa shape index (κ1) is 15.8. The Morgan fingerprint density at radius 2 is 1.71 bits per heavy atom. The fourth-order valence-corrected chi connectivity index (χ4v) is 3.28. The Balaban J connectivity index is 2.20. The lowest BCUT2D eigenvalue weighted by molar-refractivity contribution is 0.489. The minimum atomic E-state index is 0.286. The zero-order chi connectivity index (χ0) is 15.7. The van der Waals surface area contributed by atoms with E-state index in [1.165, 1.54) is 27.9 Å². The van der Waals surface area contributed by atoms with E-state index in [0.29, 0.717) is 6.04 Å². The molecule has 0 saturated carbocycles. The molecule has 0 amide bonds. The van der Waals surface area contributed by atoms with Crippen LogP contribution >= 0.6 is 0 Å². The number of nitrogens with one attached hydrogen (secondary N) is 1. The molecule has 0 aliphatic carbocycles. The summed E-state index contributed by atoms with van der Waals surface area (Å²) in [4.78, 5) is 0. The molecule has 0 aliphatic heterocycles. The number of nitrogens with zero attached hydrogens (tertiary/aromatic N) is 2. The Hall–Kier alpha value is -1.61. The van der Waals surface area contributed by atoms with Crippen LogP contribution in [0, 0.1) is 27.7 Å². The fraction of sp³-hybridized carbons (Fsp3) is 0.500. The first-order chi connectivity index (χ1) is 9.81. The lowest BCUT2D eigenvalue weighted by Gasteiger charge is -2.22. The van der Waals surface area contributed by atoms with E-state index in [2.05, 4.69) is 70.2 Å². The molecule has 2 rings (SSSR count). The molecule has 0 radical (unpaired) electrons. The van der Waals surface area contributed by atoms with Crippen molar-refractivity contribution < 1.29 is 0 Å². The van der Waals surface area contributed by atoms with Crippen LogP contribution in [0.2, 0.25) is 0 Å². The third kappa shape index (κ3) is 3.18. The summed E-state index contributed by atoms with van der Waals surface area (Å²) in [5.74, 6) is 0. The maximum Gasteiger partial charge on any atom is 0.0644 e. The van der Waals surface area contributed by atoms with E-state index in [4.69, 9.17) is 0 Å². The minimum Gasteiger partial charge on any atom is -0.304 e. The smallest absolute Gasteiger partial charge is 0.0644 e. The quantitative estimate of drug-likeness (QED) is 0.918. The normalized spacial score (nSPS) is 14.2. The van der Waals surface area contributed by atoms with Crippen LogP contribution in [0.3, 0.4) is 0 Å². The van der Waals surface area contributed by atoms with Gasteiger partial charge in [-0.3, -0.25) is 4.68 Å². The molecule has 1 heterocycles. The molecular formula is C18H27N3. The van der Waals surface area contributed by atoms with Crippen LogP contribution < -0.4 is 5.32 Å². The Kier molecular flexibility index (Phi) is 4.52. The van der Waals surface area contributed by atoms with E-state index < -0.39 is 0 Å². The summed E-state index contributed by atoms with van der Waals surface area (Å²) >= 11 is 0. The van der Waals surface area contributed by atoms with Crippen LogP contribution in [-0.2, 0) is 7.05 Å². The van der Waals surface area contributed by atoms with Crippen LogP contribution in [0.1, 0.15) is 59.6 Å². The van der Waals surface area contributed by atoms with Gasteiger partial charge in [0.2, 0.25) is 0 Å². The van der Waals surface area contributed by atoms with Crippen LogP contribution in [0.5, 0.6) is 0 Å². The van der Waals surface area contributed by atoms with Crippen LogP contribution in [0.25, 0.3) is 0 Å². The summed E-state index contributed by atoms with van der Waals surface area (Å²) in [6.07, 6.45) is 0. The topological polar surface area (TPSA) is 29.9 Å². The van der Waals surface area contributed by atoms with Gasteiger partial charge < -0.3 is 5.32 Å². The molecule has 1 aromatic carbocycles. The Labute approximate surface area is 128 Å². The maximum absolute atomic E-state index is 4.52. The second-order valence-corrected chi connectivity index (χ2v) is 6.18. The van der Waals surface area contributed by atoms with Gasteiger partial charge >= 0.3 is 0 Å². The van der Waals surface area contributed by atoms with E-state index in [9.17, 15) is 0 Å². The molecule has 1 aromatic heterocycles. The van der Waals surface area contributed by atoms with Gasteiger partial charge in [-0.15, -0.1) is 0 Å². The first-order valence-electron chi connectivity index (χ1n) is 7.64. The SMILES string of the molecule is Cc1ccc(C(C)NC(C)c2c(C)nn(C)c2C)c(C)c1. The number of aromatic nitrogens is 2. The van der Waals surface area contributed by atoms with Crippen molar-refractivity contribution in [1.29, 1.82) is 0 Å². The molecule has 1 N–H and O–H groups in total. The fourth-order valence-electron chi connectivity index (χ4n) is 3.28. The highest BCUT2D eigenvalue weighted by Gasteiger charge is 2.19. The highest BCUT2D eigenvalue weighted by molar-refractivity contribution is 5.33. The van der Waals surface area contributed by atoms with Crippen molar-refractivity contribution in [2.45, 2.75) is 53.6 Å². The molecule has 114 valence electrons. The van der Waals surface area contributed by atoms with E-state index in [0.717, 1.165) is 5.69 Å². The summed E-state index contributed by atoms with van der Waals surface area (Å²) < 4.78 is 1.96. The summed E-state index contributed by atoms with van der Waals surface area (Å²) in [7, 11) is 2.01. The van der Waals surface area contributed by atoms with E-state index in [1.807, 2.05) is 11.7 Å². The molecular weight excluding hydrogens is 258 g/mol. The number of hydrogen-bond acceptors (Lipinski definition) is 2. The predicted molar refractivity (Wildman–Crippen MR) is 88.6 cm³/mol. The highest BCUT2D eigenvalue weighted by atomic mass is 15.3. The zero-order valence-corrected chi connectivity index (χ0v) is 14.3. The molecule has 0 aliphatic rings. The minimum absolute atomic E-state index is 0.286. The number of rotatable bonds is 4. The second kappa shape index (κ2) is 6.02. The van der Waals surface area contributed by atoms with Crippen molar-refractivity contribution in [3.8, 4) is 0 Å². The van der Waals surface area contributed by atoms with Gasteiger partial charge in [-0.2, -0.15) is 5.10 Å². The van der Waals surface area contributed by atoms with Gasteiger partial charge in [0.25, 0.3) is 0 Å². The second-order valence-electron chi connectivity index (χ2n) is 6.18. The predicted octanol–water partition coefficient (Wildman–Crippen LogP) is 4.07. The lowest BCUT2D eigenvalue weighted by Crippen LogP contribution is -2.24. The third-order valence-corrected chi connectivity index (χ3v) is 4.39. The number of benzene rings is 1. The number of aryl methyl sites for hydroxylation is 4. The van der Waals surface area contributed by atoms with Gasteiger partial charge in [-0.05, 0) is 52.7 Å². The molecule has 0 spiro atoms. The van der Waals surface area contributed by atoms with Gasteiger partial charge in [-0.1, -0.05) is 23.8 Å². The van der Waals surface area contributed by atoms with E-state index in [-0.39, 0.29) is 6.04 Å². The average Bonchev–Trinajstić information content (AvgIpc) is 2.62. The molecule has 3 heteroatoms. The Bertz CT molecular complexity index is 640. The van der Waals surface area contributed by atoms with Crippen LogP contribution in [0.15, 0.2) is 18.2 Å². The maximum atomic E-state index is 4.52. The summed E-state index contributed by atoms with van der Waals surface area (Å²) in [6.45, 7) is 13.0. The van der Waals surface area contributed by atoms with Gasteiger partial charge in [0, 0.05) is 30.4 Å². The lowest BCUT2D eigenvalue weighted by atomic mass is 9.98. The van der Waals surface area contributed by atoms with E-state index >= 15 is 0 Å².